The van der Waals surface area contributed by atoms with Gasteiger partial charge in [-0.1, -0.05) is 59.7 Å². The Labute approximate surface area is 170 Å². The molecule has 4 rings (SSSR count). The standard InChI is InChI=1S/C25H22N2O2/c1-17-8-12-19(13-9-17)23(29-25(28)20-14-10-18(2)11-15-20)16-24-26-21-6-4-5-7-22(21)27(24)3/h4-16H,1-3H3. The molecule has 0 atom stereocenters. The molecule has 4 nitrogen and oxygen atoms in total. The summed E-state index contributed by atoms with van der Waals surface area (Å²) in [5, 5.41) is 0. The summed E-state index contributed by atoms with van der Waals surface area (Å²) in [6.07, 6.45) is 1.82. The molecular weight excluding hydrogens is 360 g/mol. The van der Waals surface area contributed by atoms with Crippen molar-refractivity contribution >= 4 is 28.8 Å². The Kier molecular flexibility index (Phi) is 5.00. The van der Waals surface area contributed by atoms with Crippen molar-refractivity contribution in [1.82, 2.24) is 9.55 Å². The second kappa shape index (κ2) is 7.76. The minimum atomic E-state index is -0.393. The Morgan fingerprint density at radius 3 is 2.07 bits per heavy atom. The molecular formula is C25H22N2O2. The van der Waals surface area contributed by atoms with Crippen LogP contribution in [-0.2, 0) is 11.8 Å². The quantitative estimate of drug-likeness (QED) is 0.344. The topological polar surface area (TPSA) is 44.1 Å². The SMILES string of the molecule is Cc1ccc(C(=O)OC(=Cc2nc3ccccc3n2C)c2ccc(C)cc2)cc1. The Hall–Kier alpha value is -3.66. The number of esters is 1. The van der Waals surface area contributed by atoms with Gasteiger partial charge in [0.15, 0.2) is 0 Å². The lowest BCUT2D eigenvalue weighted by Crippen LogP contribution is -2.05. The van der Waals surface area contributed by atoms with Gasteiger partial charge in [-0.3, -0.25) is 0 Å². The van der Waals surface area contributed by atoms with Gasteiger partial charge < -0.3 is 9.30 Å². The molecule has 0 bridgehead atoms. The number of ether oxygens (including phenoxy) is 1. The molecule has 1 aromatic heterocycles. The van der Waals surface area contributed by atoms with Crippen molar-refractivity contribution in [2.75, 3.05) is 0 Å². The van der Waals surface area contributed by atoms with Crippen LogP contribution in [0.15, 0.2) is 72.8 Å². The first-order valence-corrected chi connectivity index (χ1v) is 9.50. The van der Waals surface area contributed by atoms with Gasteiger partial charge in [0.1, 0.15) is 11.6 Å². The van der Waals surface area contributed by atoms with E-state index in [0.717, 1.165) is 33.5 Å². The van der Waals surface area contributed by atoms with E-state index in [-0.39, 0.29) is 0 Å². The molecule has 4 heteroatoms. The maximum atomic E-state index is 12.8. The summed E-state index contributed by atoms with van der Waals surface area (Å²) >= 11 is 0. The minimum absolute atomic E-state index is 0.393. The smallest absolute Gasteiger partial charge is 0.343 e. The normalized spacial score (nSPS) is 11.6. The number of carbonyl (C=O) groups excluding carboxylic acids is 1. The van der Waals surface area contributed by atoms with E-state index in [1.54, 1.807) is 12.1 Å². The van der Waals surface area contributed by atoms with Crippen molar-refractivity contribution in [2.24, 2.45) is 7.05 Å². The second-order valence-electron chi connectivity index (χ2n) is 7.15. The summed E-state index contributed by atoms with van der Waals surface area (Å²) in [6.45, 7) is 4.01. The third kappa shape index (κ3) is 3.97. The number of fused-ring (bicyclic) bond motifs is 1. The van der Waals surface area contributed by atoms with Crippen molar-refractivity contribution in [3.63, 3.8) is 0 Å². The molecule has 4 aromatic rings. The lowest BCUT2D eigenvalue weighted by atomic mass is 10.1. The van der Waals surface area contributed by atoms with E-state index < -0.39 is 5.97 Å². The van der Waals surface area contributed by atoms with Crippen LogP contribution in [0.2, 0.25) is 0 Å². The van der Waals surface area contributed by atoms with E-state index in [4.69, 9.17) is 4.74 Å². The first-order chi connectivity index (χ1) is 14.0. The van der Waals surface area contributed by atoms with Gasteiger partial charge >= 0.3 is 5.97 Å². The molecule has 0 N–H and O–H groups in total. The van der Waals surface area contributed by atoms with E-state index in [1.807, 2.05) is 92.2 Å². The molecule has 144 valence electrons. The highest BCUT2D eigenvalue weighted by molar-refractivity contribution is 5.95. The number of carbonyl (C=O) groups is 1. The molecule has 3 aromatic carbocycles. The van der Waals surface area contributed by atoms with E-state index in [0.29, 0.717) is 11.3 Å². The third-order valence-electron chi connectivity index (χ3n) is 4.91. The fourth-order valence-electron chi connectivity index (χ4n) is 3.15. The molecule has 0 spiro atoms. The van der Waals surface area contributed by atoms with Gasteiger partial charge in [0.25, 0.3) is 0 Å². The summed E-state index contributed by atoms with van der Waals surface area (Å²) in [6, 6.07) is 23.2. The maximum absolute atomic E-state index is 12.8. The fraction of sp³-hybridized carbons (Fsp3) is 0.120. The van der Waals surface area contributed by atoms with Crippen LogP contribution in [0.4, 0.5) is 0 Å². The van der Waals surface area contributed by atoms with Crippen molar-refractivity contribution in [1.29, 1.82) is 0 Å². The van der Waals surface area contributed by atoms with Gasteiger partial charge in [0.05, 0.1) is 16.6 Å². The average Bonchev–Trinajstić information content (AvgIpc) is 3.04. The molecule has 0 saturated carbocycles. The van der Waals surface area contributed by atoms with E-state index in [2.05, 4.69) is 4.98 Å². The lowest BCUT2D eigenvalue weighted by molar-refractivity contribution is 0.0693. The number of imidazole rings is 1. The van der Waals surface area contributed by atoms with Crippen molar-refractivity contribution in [3.8, 4) is 0 Å². The zero-order chi connectivity index (χ0) is 20.4. The Morgan fingerprint density at radius 2 is 1.45 bits per heavy atom. The number of nitrogens with zero attached hydrogens (tertiary/aromatic N) is 2. The van der Waals surface area contributed by atoms with Gasteiger partial charge in [-0.15, -0.1) is 0 Å². The number of benzene rings is 3. The maximum Gasteiger partial charge on any atom is 0.343 e. The summed E-state index contributed by atoms with van der Waals surface area (Å²) in [4.78, 5) is 17.4. The molecule has 0 aliphatic rings. The summed E-state index contributed by atoms with van der Waals surface area (Å²) in [5.74, 6) is 0.794. The van der Waals surface area contributed by atoms with Crippen LogP contribution in [0.25, 0.3) is 22.9 Å². The van der Waals surface area contributed by atoms with Crippen LogP contribution in [0.3, 0.4) is 0 Å². The first kappa shape index (κ1) is 18.7. The third-order valence-corrected chi connectivity index (χ3v) is 4.91. The van der Waals surface area contributed by atoms with Gasteiger partial charge in [-0.05, 0) is 38.1 Å². The van der Waals surface area contributed by atoms with E-state index in [9.17, 15) is 4.79 Å². The Balaban J connectivity index is 1.76. The van der Waals surface area contributed by atoms with Crippen molar-refractivity contribution < 1.29 is 9.53 Å². The van der Waals surface area contributed by atoms with Gasteiger partial charge in [-0.25, -0.2) is 9.78 Å². The summed E-state index contributed by atoms with van der Waals surface area (Å²) in [7, 11) is 1.95. The number of rotatable bonds is 4. The highest BCUT2D eigenvalue weighted by Gasteiger charge is 2.14. The number of aryl methyl sites for hydroxylation is 3. The molecule has 0 amide bonds. The fourth-order valence-corrected chi connectivity index (χ4v) is 3.15. The predicted molar refractivity (Wildman–Crippen MR) is 116 cm³/mol. The lowest BCUT2D eigenvalue weighted by Gasteiger charge is -2.10. The average molecular weight is 382 g/mol. The summed E-state index contributed by atoms with van der Waals surface area (Å²) in [5.41, 5.74) is 5.49. The number of hydrogen-bond donors (Lipinski definition) is 0. The van der Waals surface area contributed by atoms with E-state index in [1.165, 1.54) is 0 Å². The second-order valence-corrected chi connectivity index (χ2v) is 7.15. The first-order valence-electron chi connectivity index (χ1n) is 9.50. The minimum Gasteiger partial charge on any atom is -0.422 e. The summed E-state index contributed by atoms with van der Waals surface area (Å²) < 4.78 is 7.82. The molecule has 0 fully saturated rings. The number of aromatic nitrogens is 2. The van der Waals surface area contributed by atoms with Crippen LogP contribution in [-0.4, -0.2) is 15.5 Å². The largest absolute Gasteiger partial charge is 0.422 e. The van der Waals surface area contributed by atoms with Gasteiger partial charge in [0.2, 0.25) is 0 Å². The molecule has 0 aliphatic heterocycles. The van der Waals surface area contributed by atoms with Crippen LogP contribution >= 0.6 is 0 Å². The zero-order valence-corrected chi connectivity index (χ0v) is 16.7. The van der Waals surface area contributed by atoms with Crippen LogP contribution < -0.4 is 0 Å². The molecule has 0 unspecified atom stereocenters. The molecule has 0 aliphatic carbocycles. The zero-order valence-electron chi connectivity index (χ0n) is 16.7. The van der Waals surface area contributed by atoms with Crippen LogP contribution in [0.1, 0.15) is 32.9 Å². The Bertz CT molecular complexity index is 1200. The van der Waals surface area contributed by atoms with Gasteiger partial charge in [0, 0.05) is 18.7 Å². The monoisotopic (exact) mass is 382 g/mol. The van der Waals surface area contributed by atoms with Crippen LogP contribution in [0.5, 0.6) is 0 Å². The number of para-hydroxylation sites is 2. The number of hydrogen-bond acceptors (Lipinski definition) is 3. The Morgan fingerprint density at radius 1 is 0.862 bits per heavy atom. The molecule has 1 heterocycles. The molecule has 0 radical (unpaired) electrons. The molecule has 0 saturated heterocycles. The van der Waals surface area contributed by atoms with Crippen LogP contribution in [0, 0.1) is 13.8 Å². The van der Waals surface area contributed by atoms with Gasteiger partial charge in [-0.2, -0.15) is 0 Å². The van der Waals surface area contributed by atoms with E-state index >= 15 is 0 Å². The highest BCUT2D eigenvalue weighted by atomic mass is 16.5. The van der Waals surface area contributed by atoms with Crippen molar-refractivity contribution in [2.45, 2.75) is 13.8 Å². The highest BCUT2D eigenvalue weighted by Crippen LogP contribution is 2.24. The van der Waals surface area contributed by atoms with Crippen molar-refractivity contribution in [3.05, 3.63) is 101 Å². The molecule has 29 heavy (non-hydrogen) atoms. The predicted octanol–water partition coefficient (Wildman–Crippen LogP) is 5.55.